The Morgan fingerprint density at radius 1 is 1.37 bits per heavy atom. The molecule has 2 N–H and O–H groups in total. The number of para-hydroxylation sites is 1. The van der Waals surface area contributed by atoms with Gasteiger partial charge < -0.3 is 15.4 Å². The maximum atomic E-state index is 12.2. The molecule has 8 heteroatoms. The fourth-order valence-electron chi connectivity index (χ4n) is 1.36. The average molecular weight is 299 g/mol. The second-order valence-electron chi connectivity index (χ2n) is 3.61. The number of halogens is 4. The van der Waals surface area contributed by atoms with E-state index in [1.807, 2.05) is 0 Å². The van der Waals surface area contributed by atoms with Crippen LogP contribution < -0.4 is 10.5 Å². The highest BCUT2D eigenvalue weighted by Gasteiger charge is 2.32. The van der Waals surface area contributed by atoms with Crippen LogP contribution in [-0.2, 0) is 11.3 Å². The lowest BCUT2D eigenvalue weighted by Gasteiger charge is -2.19. The number of rotatable bonds is 4. The lowest BCUT2D eigenvalue weighted by atomic mass is 10.2. The van der Waals surface area contributed by atoms with Crippen LogP contribution in [0.25, 0.3) is 0 Å². The smallest absolute Gasteiger partial charge is 0.405 e. The fourth-order valence-corrected chi connectivity index (χ4v) is 1.36. The molecule has 0 saturated heterocycles. The molecule has 0 heterocycles. The summed E-state index contributed by atoms with van der Waals surface area (Å²) in [5.74, 6) is -0.682. The standard InChI is InChI=1S/C11H13F3N2O2.ClH/c1-16(10(17)6-15)7-8-4-2-3-5-9(8)18-11(12,13)14;/h2-5H,6-7,15H2,1H3;1H. The molecule has 0 radical (unpaired) electrons. The summed E-state index contributed by atoms with van der Waals surface area (Å²) in [4.78, 5) is 12.5. The second kappa shape index (κ2) is 7.20. The number of amides is 1. The summed E-state index contributed by atoms with van der Waals surface area (Å²) in [7, 11) is 1.46. The molecule has 0 fully saturated rings. The molecule has 0 aliphatic heterocycles. The van der Waals surface area contributed by atoms with E-state index in [0.717, 1.165) is 0 Å². The van der Waals surface area contributed by atoms with E-state index in [9.17, 15) is 18.0 Å². The molecule has 0 atom stereocenters. The van der Waals surface area contributed by atoms with Gasteiger partial charge in [-0.15, -0.1) is 25.6 Å². The third-order valence-electron chi connectivity index (χ3n) is 2.21. The van der Waals surface area contributed by atoms with E-state index in [1.165, 1.54) is 30.1 Å². The van der Waals surface area contributed by atoms with Crippen molar-refractivity contribution in [3.8, 4) is 5.75 Å². The molecule has 0 spiro atoms. The molecule has 1 rings (SSSR count). The van der Waals surface area contributed by atoms with Gasteiger partial charge in [-0.1, -0.05) is 18.2 Å². The van der Waals surface area contributed by atoms with Crippen molar-refractivity contribution in [2.75, 3.05) is 13.6 Å². The van der Waals surface area contributed by atoms with E-state index in [1.54, 1.807) is 6.07 Å². The third kappa shape index (κ3) is 5.80. The van der Waals surface area contributed by atoms with Crippen LogP contribution in [0.1, 0.15) is 5.56 Å². The van der Waals surface area contributed by atoms with Gasteiger partial charge in [0.1, 0.15) is 5.75 Å². The lowest BCUT2D eigenvalue weighted by molar-refractivity contribution is -0.274. The molecule has 1 aromatic rings. The Hall–Kier alpha value is -1.47. The highest BCUT2D eigenvalue weighted by Crippen LogP contribution is 2.26. The Balaban J connectivity index is 0.00000324. The molecule has 1 amide bonds. The Morgan fingerprint density at radius 3 is 2.47 bits per heavy atom. The van der Waals surface area contributed by atoms with Crippen molar-refractivity contribution in [1.29, 1.82) is 0 Å². The van der Waals surface area contributed by atoms with Gasteiger partial charge in [-0.05, 0) is 6.07 Å². The van der Waals surface area contributed by atoms with Crippen LogP contribution >= 0.6 is 12.4 Å². The minimum absolute atomic E-state index is 0. The molecule has 19 heavy (non-hydrogen) atoms. The molecular weight excluding hydrogens is 285 g/mol. The predicted octanol–water partition coefficient (Wildman–Crippen LogP) is 1.92. The van der Waals surface area contributed by atoms with Crippen molar-refractivity contribution in [2.45, 2.75) is 12.9 Å². The molecule has 108 valence electrons. The maximum absolute atomic E-state index is 12.2. The van der Waals surface area contributed by atoms with Gasteiger partial charge in [0.2, 0.25) is 5.91 Å². The van der Waals surface area contributed by atoms with Crippen molar-refractivity contribution in [2.24, 2.45) is 5.73 Å². The van der Waals surface area contributed by atoms with Gasteiger partial charge in [-0.2, -0.15) is 0 Å². The summed E-state index contributed by atoms with van der Waals surface area (Å²) in [5.41, 5.74) is 5.43. The van der Waals surface area contributed by atoms with Crippen molar-refractivity contribution < 1.29 is 22.7 Å². The summed E-state index contributed by atoms with van der Waals surface area (Å²) in [5, 5.41) is 0. The number of carbonyl (C=O) groups is 1. The molecule has 0 saturated carbocycles. The van der Waals surface area contributed by atoms with E-state index < -0.39 is 6.36 Å². The van der Waals surface area contributed by atoms with Gasteiger partial charge in [0.25, 0.3) is 0 Å². The number of alkyl halides is 3. The first-order valence-electron chi connectivity index (χ1n) is 5.11. The summed E-state index contributed by atoms with van der Waals surface area (Å²) in [6, 6.07) is 5.65. The first kappa shape index (κ1) is 17.5. The van der Waals surface area contributed by atoms with Gasteiger partial charge in [0.05, 0.1) is 6.54 Å². The van der Waals surface area contributed by atoms with E-state index in [-0.39, 0.29) is 42.7 Å². The Morgan fingerprint density at radius 2 is 1.95 bits per heavy atom. The second-order valence-corrected chi connectivity index (χ2v) is 3.61. The van der Waals surface area contributed by atoms with Gasteiger partial charge >= 0.3 is 6.36 Å². The molecule has 0 aromatic heterocycles. The third-order valence-corrected chi connectivity index (χ3v) is 2.21. The van der Waals surface area contributed by atoms with Crippen molar-refractivity contribution in [3.05, 3.63) is 29.8 Å². The molecule has 0 aliphatic rings. The summed E-state index contributed by atoms with van der Waals surface area (Å²) in [6.45, 7) is -0.193. The minimum atomic E-state index is -4.76. The first-order valence-corrected chi connectivity index (χ1v) is 5.11. The Bertz CT molecular complexity index is 427. The van der Waals surface area contributed by atoms with Crippen LogP contribution in [0.4, 0.5) is 13.2 Å². The largest absolute Gasteiger partial charge is 0.573 e. The van der Waals surface area contributed by atoms with E-state index in [4.69, 9.17) is 5.73 Å². The van der Waals surface area contributed by atoms with Crippen molar-refractivity contribution >= 4 is 18.3 Å². The first-order chi connectivity index (χ1) is 8.33. The van der Waals surface area contributed by atoms with Crippen LogP contribution in [0.3, 0.4) is 0 Å². The highest BCUT2D eigenvalue weighted by molar-refractivity contribution is 5.85. The SMILES string of the molecule is CN(Cc1ccccc1OC(F)(F)F)C(=O)CN.Cl. The number of likely N-dealkylation sites (N-methyl/N-ethyl adjacent to an activating group) is 1. The number of hydrogen-bond donors (Lipinski definition) is 1. The number of hydrogen-bond acceptors (Lipinski definition) is 3. The molecule has 0 bridgehead atoms. The van der Waals surface area contributed by atoms with Gasteiger partial charge in [-0.25, -0.2) is 0 Å². The number of nitrogens with zero attached hydrogens (tertiary/aromatic N) is 1. The quantitative estimate of drug-likeness (QED) is 0.924. The van der Waals surface area contributed by atoms with Crippen LogP contribution in [0, 0.1) is 0 Å². The minimum Gasteiger partial charge on any atom is -0.405 e. The Labute approximate surface area is 114 Å². The van der Waals surface area contributed by atoms with Crippen LogP contribution in [-0.4, -0.2) is 30.8 Å². The van der Waals surface area contributed by atoms with Gasteiger partial charge in [-0.3, -0.25) is 4.79 Å². The van der Waals surface area contributed by atoms with Crippen molar-refractivity contribution in [1.82, 2.24) is 4.90 Å². The van der Waals surface area contributed by atoms with Crippen molar-refractivity contribution in [3.63, 3.8) is 0 Å². The highest BCUT2D eigenvalue weighted by atomic mass is 35.5. The Kier molecular flexibility index (Phi) is 6.64. The average Bonchev–Trinajstić information content (AvgIpc) is 2.28. The number of ether oxygens (including phenoxy) is 1. The zero-order chi connectivity index (χ0) is 13.8. The van der Waals surface area contributed by atoms with Gasteiger partial charge in [0, 0.05) is 19.2 Å². The van der Waals surface area contributed by atoms with Gasteiger partial charge in [0.15, 0.2) is 0 Å². The van der Waals surface area contributed by atoms with Crippen LogP contribution in [0.2, 0.25) is 0 Å². The van der Waals surface area contributed by atoms with Crippen LogP contribution in [0.15, 0.2) is 24.3 Å². The van der Waals surface area contributed by atoms with E-state index >= 15 is 0 Å². The number of carbonyl (C=O) groups excluding carboxylic acids is 1. The molecular formula is C11H14ClF3N2O2. The van der Waals surface area contributed by atoms with E-state index in [0.29, 0.717) is 0 Å². The molecule has 0 unspecified atom stereocenters. The molecule has 0 aliphatic carbocycles. The fraction of sp³-hybridized carbons (Fsp3) is 0.364. The summed E-state index contributed by atoms with van der Waals surface area (Å²) >= 11 is 0. The molecule has 4 nitrogen and oxygen atoms in total. The molecule has 1 aromatic carbocycles. The number of benzene rings is 1. The zero-order valence-corrected chi connectivity index (χ0v) is 10.9. The zero-order valence-electron chi connectivity index (χ0n) is 10.1. The van der Waals surface area contributed by atoms with E-state index in [2.05, 4.69) is 4.74 Å². The van der Waals surface area contributed by atoms with Crippen LogP contribution in [0.5, 0.6) is 5.75 Å². The lowest BCUT2D eigenvalue weighted by Crippen LogP contribution is -2.32. The summed E-state index contributed by atoms with van der Waals surface area (Å²) < 4.78 is 40.4. The monoisotopic (exact) mass is 298 g/mol. The predicted molar refractivity (Wildman–Crippen MR) is 65.9 cm³/mol. The number of nitrogens with two attached hydrogens (primary N) is 1. The summed E-state index contributed by atoms with van der Waals surface area (Å²) in [6.07, 6.45) is -4.76. The topological polar surface area (TPSA) is 55.6 Å². The normalized spacial score (nSPS) is 10.6. The maximum Gasteiger partial charge on any atom is 0.573 e.